The third-order valence-electron chi connectivity index (χ3n) is 4.36. The largest absolute Gasteiger partial charge is 0.497 e. The minimum absolute atomic E-state index is 0.0218. The van der Waals surface area contributed by atoms with E-state index in [-0.39, 0.29) is 11.9 Å². The lowest BCUT2D eigenvalue weighted by Gasteiger charge is -2.22. The summed E-state index contributed by atoms with van der Waals surface area (Å²) in [5, 5.41) is 4.05. The number of amides is 1. The number of benzene rings is 1. The van der Waals surface area contributed by atoms with Crippen LogP contribution in [0.2, 0.25) is 0 Å². The molecule has 1 amide bonds. The van der Waals surface area contributed by atoms with Crippen LogP contribution in [0.3, 0.4) is 0 Å². The van der Waals surface area contributed by atoms with E-state index >= 15 is 0 Å². The molecule has 0 radical (unpaired) electrons. The monoisotopic (exact) mass is 314 g/mol. The molecule has 1 aromatic heterocycles. The molecule has 23 heavy (non-hydrogen) atoms. The van der Waals surface area contributed by atoms with Gasteiger partial charge >= 0.3 is 0 Å². The molecule has 3 rings (SSSR count). The molecule has 122 valence electrons. The van der Waals surface area contributed by atoms with E-state index in [1.165, 1.54) is 0 Å². The van der Waals surface area contributed by atoms with Crippen LogP contribution in [0.25, 0.3) is 0 Å². The summed E-state index contributed by atoms with van der Waals surface area (Å²) in [6.07, 6.45) is 3.18. The van der Waals surface area contributed by atoms with Crippen molar-refractivity contribution in [2.75, 3.05) is 13.7 Å². The number of aryl methyl sites for hydroxylation is 1. The highest BCUT2D eigenvalue weighted by Gasteiger charge is 2.32. The van der Waals surface area contributed by atoms with Crippen LogP contribution in [0.5, 0.6) is 5.75 Å². The number of nitrogens with zero attached hydrogens (tertiary/aromatic N) is 2. The van der Waals surface area contributed by atoms with Crippen molar-refractivity contribution < 1.29 is 14.1 Å². The average Bonchev–Trinajstić information content (AvgIpc) is 3.24. The number of rotatable bonds is 5. The first kappa shape index (κ1) is 15.6. The predicted molar refractivity (Wildman–Crippen MR) is 86.3 cm³/mol. The van der Waals surface area contributed by atoms with Gasteiger partial charge in [-0.25, -0.2) is 0 Å². The van der Waals surface area contributed by atoms with Crippen LogP contribution in [0.15, 0.2) is 34.9 Å². The molecule has 2 heterocycles. The molecule has 0 unspecified atom stereocenters. The first-order valence-corrected chi connectivity index (χ1v) is 8.09. The smallest absolute Gasteiger partial charge is 0.227 e. The second-order valence-electron chi connectivity index (χ2n) is 5.84. The molecule has 1 aromatic carbocycles. The number of ether oxygens (including phenoxy) is 1. The Kier molecular flexibility index (Phi) is 4.65. The van der Waals surface area contributed by atoms with Crippen LogP contribution >= 0.6 is 0 Å². The molecule has 0 N–H and O–H groups in total. The molecule has 1 saturated heterocycles. The Labute approximate surface area is 136 Å². The molecule has 0 spiro atoms. The zero-order valence-electron chi connectivity index (χ0n) is 13.6. The first-order valence-electron chi connectivity index (χ1n) is 8.09. The minimum Gasteiger partial charge on any atom is -0.497 e. The van der Waals surface area contributed by atoms with Crippen molar-refractivity contribution in [3.05, 3.63) is 47.3 Å². The normalized spacial score (nSPS) is 17.5. The lowest BCUT2D eigenvalue weighted by atomic mass is 10.1. The van der Waals surface area contributed by atoms with Crippen LogP contribution in [0.1, 0.15) is 42.8 Å². The number of hydrogen-bond acceptors (Lipinski definition) is 4. The van der Waals surface area contributed by atoms with Gasteiger partial charge in [0.15, 0.2) is 5.76 Å². The Balaban J connectivity index is 1.69. The third-order valence-corrected chi connectivity index (χ3v) is 4.36. The van der Waals surface area contributed by atoms with Gasteiger partial charge in [0.1, 0.15) is 5.75 Å². The van der Waals surface area contributed by atoms with Crippen molar-refractivity contribution in [1.29, 1.82) is 0 Å². The second-order valence-corrected chi connectivity index (χ2v) is 5.84. The number of carbonyl (C=O) groups is 1. The van der Waals surface area contributed by atoms with E-state index in [1.807, 2.05) is 42.2 Å². The highest BCUT2D eigenvalue weighted by Crippen LogP contribution is 2.33. The maximum atomic E-state index is 12.7. The van der Waals surface area contributed by atoms with Gasteiger partial charge in [-0.2, -0.15) is 0 Å². The minimum atomic E-state index is 0.0218. The molecule has 0 saturated carbocycles. The van der Waals surface area contributed by atoms with Gasteiger partial charge in [-0.1, -0.05) is 24.2 Å². The lowest BCUT2D eigenvalue weighted by molar-refractivity contribution is -0.131. The number of hydrogen-bond donors (Lipinski definition) is 0. The van der Waals surface area contributed by atoms with Crippen LogP contribution in [0.4, 0.5) is 0 Å². The number of carbonyl (C=O) groups excluding carboxylic acids is 1. The molecular formula is C18H22N2O3. The van der Waals surface area contributed by atoms with E-state index in [1.54, 1.807) is 7.11 Å². The fourth-order valence-electron chi connectivity index (χ4n) is 3.03. The standard InChI is InChI=1S/C18H22N2O3/c1-3-14-12-17(23-19-14)16-5-4-10-20(16)18(21)11-13-6-8-15(22-2)9-7-13/h6-9,12,16H,3-5,10-11H2,1-2H3/t16-/m0/s1. The van der Waals surface area contributed by atoms with Gasteiger partial charge in [-0.15, -0.1) is 0 Å². The van der Waals surface area contributed by atoms with Crippen LogP contribution in [-0.2, 0) is 17.6 Å². The van der Waals surface area contributed by atoms with Gasteiger partial charge in [-0.3, -0.25) is 4.79 Å². The van der Waals surface area contributed by atoms with Crippen LogP contribution in [0, 0.1) is 0 Å². The van der Waals surface area contributed by atoms with E-state index in [4.69, 9.17) is 9.26 Å². The topological polar surface area (TPSA) is 55.6 Å². The number of likely N-dealkylation sites (tertiary alicyclic amines) is 1. The fraction of sp³-hybridized carbons (Fsp3) is 0.444. The van der Waals surface area contributed by atoms with Crippen molar-refractivity contribution in [3.8, 4) is 5.75 Å². The molecule has 0 bridgehead atoms. The van der Waals surface area contributed by atoms with Gasteiger partial charge in [0.05, 0.1) is 25.3 Å². The Morgan fingerprint density at radius 1 is 1.39 bits per heavy atom. The highest BCUT2D eigenvalue weighted by atomic mass is 16.5. The van der Waals surface area contributed by atoms with Gasteiger partial charge in [-0.05, 0) is 37.0 Å². The summed E-state index contributed by atoms with van der Waals surface area (Å²) in [5.41, 5.74) is 1.93. The van der Waals surface area contributed by atoms with Crippen LogP contribution < -0.4 is 4.74 Å². The molecule has 2 aromatic rings. The van der Waals surface area contributed by atoms with E-state index in [0.717, 1.165) is 48.6 Å². The summed E-state index contributed by atoms with van der Waals surface area (Å²) in [7, 11) is 1.64. The van der Waals surface area contributed by atoms with Crippen molar-refractivity contribution >= 4 is 5.91 Å². The maximum Gasteiger partial charge on any atom is 0.227 e. The van der Waals surface area contributed by atoms with Gasteiger partial charge < -0.3 is 14.2 Å². The SMILES string of the molecule is CCc1cc([C@@H]2CCCN2C(=O)Cc2ccc(OC)cc2)on1. The summed E-state index contributed by atoms with van der Waals surface area (Å²) in [6, 6.07) is 9.64. The molecule has 0 aliphatic carbocycles. The van der Waals surface area contributed by atoms with Crippen molar-refractivity contribution in [1.82, 2.24) is 10.1 Å². The summed E-state index contributed by atoms with van der Waals surface area (Å²) in [4.78, 5) is 14.6. The van der Waals surface area contributed by atoms with Gasteiger partial charge in [0.25, 0.3) is 0 Å². The molecule has 5 heteroatoms. The zero-order chi connectivity index (χ0) is 16.2. The second kappa shape index (κ2) is 6.86. The Morgan fingerprint density at radius 3 is 2.83 bits per heavy atom. The molecular weight excluding hydrogens is 292 g/mol. The van der Waals surface area contributed by atoms with Crippen LogP contribution in [-0.4, -0.2) is 29.6 Å². The Morgan fingerprint density at radius 2 is 2.17 bits per heavy atom. The Hall–Kier alpha value is -2.30. The quantitative estimate of drug-likeness (QED) is 0.850. The van der Waals surface area contributed by atoms with Gasteiger partial charge in [0, 0.05) is 12.6 Å². The number of methoxy groups -OCH3 is 1. The van der Waals surface area contributed by atoms with Crippen molar-refractivity contribution in [2.45, 2.75) is 38.6 Å². The summed E-state index contributed by atoms with van der Waals surface area (Å²) in [6.45, 7) is 2.82. The van der Waals surface area contributed by atoms with E-state index in [2.05, 4.69) is 5.16 Å². The van der Waals surface area contributed by atoms with Crippen molar-refractivity contribution in [2.24, 2.45) is 0 Å². The average molecular weight is 314 g/mol. The third kappa shape index (κ3) is 3.38. The molecule has 1 aliphatic heterocycles. The Bertz CT molecular complexity index is 663. The zero-order valence-corrected chi connectivity index (χ0v) is 13.6. The summed E-state index contributed by atoms with van der Waals surface area (Å²) in [5.74, 6) is 1.74. The number of aromatic nitrogens is 1. The van der Waals surface area contributed by atoms with E-state index in [0.29, 0.717) is 6.42 Å². The van der Waals surface area contributed by atoms with Gasteiger partial charge in [0.2, 0.25) is 5.91 Å². The lowest BCUT2D eigenvalue weighted by Crippen LogP contribution is -2.31. The fourth-order valence-corrected chi connectivity index (χ4v) is 3.03. The summed E-state index contributed by atoms with van der Waals surface area (Å²) < 4.78 is 10.6. The maximum absolute atomic E-state index is 12.7. The van der Waals surface area contributed by atoms with E-state index < -0.39 is 0 Å². The molecule has 1 fully saturated rings. The van der Waals surface area contributed by atoms with Crippen molar-refractivity contribution in [3.63, 3.8) is 0 Å². The molecule has 5 nitrogen and oxygen atoms in total. The first-order chi connectivity index (χ1) is 11.2. The predicted octanol–water partition coefficient (Wildman–Crippen LogP) is 3.15. The molecule has 1 aliphatic rings. The molecule has 1 atom stereocenters. The highest BCUT2D eigenvalue weighted by molar-refractivity contribution is 5.79. The van der Waals surface area contributed by atoms with E-state index in [9.17, 15) is 4.79 Å². The summed E-state index contributed by atoms with van der Waals surface area (Å²) >= 11 is 0.